The molecular weight excluding hydrogens is 359 g/mol. The molecule has 4 heterocycles. The van der Waals surface area contributed by atoms with E-state index in [0.29, 0.717) is 28.2 Å². The molecule has 1 N–H and O–H groups in total. The molecule has 0 saturated heterocycles. The lowest BCUT2D eigenvalue weighted by Gasteiger charge is -2.14. The van der Waals surface area contributed by atoms with Crippen molar-refractivity contribution in [3.8, 4) is 11.5 Å². The van der Waals surface area contributed by atoms with Crippen molar-refractivity contribution in [3.63, 3.8) is 0 Å². The molecule has 8 heteroatoms. The molecule has 0 aliphatic heterocycles. The number of H-pyrrole nitrogens is 1. The molecule has 0 aliphatic carbocycles. The molecule has 0 unspecified atom stereocenters. The molecule has 0 amide bonds. The summed E-state index contributed by atoms with van der Waals surface area (Å²) in [6.07, 6.45) is 5.12. The van der Waals surface area contributed by atoms with Crippen molar-refractivity contribution in [1.82, 2.24) is 28.9 Å². The fourth-order valence-corrected chi connectivity index (χ4v) is 3.45. The standard InChI is InChI=1S/C20H15FN6O/c1-12(13-6-2-3-7-14(13)21)27-19-15(24-20(27)28)10-23-18(25-19)16-11-22-17-8-4-5-9-26(16)17/h2-12H,1H3,(H,24,28)/t12-/m0/s1. The number of halogens is 1. The third-order valence-electron chi connectivity index (χ3n) is 4.85. The number of benzene rings is 1. The maximum atomic E-state index is 14.3. The number of aromatic amines is 1. The first kappa shape index (κ1) is 16.4. The van der Waals surface area contributed by atoms with Crippen molar-refractivity contribution in [1.29, 1.82) is 0 Å². The summed E-state index contributed by atoms with van der Waals surface area (Å²) in [7, 11) is 0. The van der Waals surface area contributed by atoms with Crippen LogP contribution in [0.15, 0.2) is 65.8 Å². The highest BCUT2D eigenvalue weighted by atomic mass is 19.1. The van der Waals surface area contributed by atoms with E-state index in [-0.39, 0.29) is 11.5 Å². The maximum absolute atomic E-state index is 14.3. The third kappa shape index (κ3) is 2.42. The van der Waals surface area contributed by atoms with Crippen LogP contribution < -0.4 is 5.69 Å². The van der Waals surface area contributed by atoms with Crippen LogP contribution in [-0.2, 0) is 0 Å². The zero-order valence-electron chi connectivity index (χ0n) is 14.9. The van der Waals surface area contributed by atoms with Crippen LogP contribution in [0.3, 0.4) is 0 Å². The maximum Gasteiger partial charge on any atom is 0.328 e. The number of hydrogen-bond acceptors (Lipinski definition) is 4. The van der Waals surface area contributed by atoms with E-state index in [2.05, 4.69) is 19.9 Å². The first-order valence-electron chi connectivity index (χ1n) is 8.77. The summed E-state index contributed by atoms with van der Waals surface area (Å²) >= 11 is 0. The number of pyridine rings is 1. The van der Waals surface area contributed by atoms with Crippen molar-refractivity contribution in [2.45, 2.75) is 13.0 Å². The monoisotopic (exact) mass is 374 g/mol. The molecule has 0 spiro atoms. The van der Waals surface area contributed by atoms with E-state index in [4.69, 9.17) is 0 Å². The van der Waals surface area contributed by atoms with Gasteiger partial charge in [-0.3, -0.25) is 8.97 Å². The van der Waals surface area contributed by atoms with Crippen LogP contribution in [0.25, 0.3) is 28.3 Å². The van der Waals surface area contributed by atoms with E-state index in [1.54, 1.807) is 37.5 Å². The van der Waals surface area contributed by atoms with Gasteiger partial charge in [0.2, 0.25) is 0 Å². The van der Waals surface area contributed by atoms with Crippen molar-refractivity contribution in [2.75, 3.05) is 0 Å². The highest BCUT2D eigenvalue weighted by Gasteiger charge is 2.20. The Morgan fingerprint density at radius 3 is 2.75 bits per heavy atom. The fraction of sp³-hybridized carbons (Fsp3) is 0.100. The Bertz CT molecular complexity index is 1380. The number of aromatic nitrogens is 6. The Morgan fingerprint density at radius 2 is 1.89 bits per heavy atom. The van der Waals surface area contributed by atoms with Gasteiger partial charge < -0.3 is 4.98 Å². The number of rotatable bonds is 3. The SMILES string of the molecule is C[C@@H](c1ccccc1F)n1c(=O)[nH]c2cnc(-c3cnc4ccccn34)nc21. The molecule has 5 rings (SSSR count). The zero-order chi connectivity index (χ0) is 19.3. The Balaban J connectivity index is 1.71. The minimum absolute atomic E-state index is 0.365. The van der Waals surface area contributed by atoms with Gasteiger partial charge in [-0.2, -0.15) is 0 Å². The summed E-state index contributed by atoms with van der Waals surface area (Å²) in [4.78, 5) is 28.6. The Labute approximate surface area is 158 Å². The smallest absolute Gasteiger partial charge is 0.303 e. The zero-order valence-corrected chi connectivity index (χ0v) is 14.9. The molecule has 1 aromatic carbocycles. The summed E-state index contributed by atoms with van der Waals surface area (Å²) in [5, 5.41) is 0. The Hall–Kier alpha value is -3.81. The predicted octanol–water partition coefficient (Wildman–Crippen LogP) is 3.18. The second-order valence-electron chi connectivity index (χ2n) is 6.50. The van der Waals surface area contributed by atoms with Gasteiger partial charge in [0.15, 0.2) is 11.5 Å². The van der Waals surface area contributed by atoms with Crippen LogP contribution in [0.2, 0.25) is 0 Å². The quantitative estimate of drug-likeness (QED) is 0.526. The van der Waals surface area contributed by atoms with Crippen molar-refractivity contribution in [2.24, 2.45) is 0 Å². The lowest BCUT2D eigenvalue weighted by molar-refractivity contribution is 0.555. The molecule has 7 nitrogen and oxygen atoms in total. The van der Waals surface area contributed by atoms with E-state index in [1.807, 2.05) is 28.8 Å². The van der Waals surface area contributed by atoms with Crippen LogP contribution in [0.5, 0.6) is 0 Å². The Morgan fingerprint density at radius 1 is 1.07 bits per heavy atom. The fourth-order valence-electron chi connectivity index (χ4n) is 3.45. The third-order valence-corrected chi connectivity index (χ3v) is 4.85. The molecule has 0 bridgehead atoms. The van der Waals surface area contributed by atoms with Gasteiger partial charge in [-0.05, 0) is 25.1 Å². The topological polar surface area (TPSA) is 80.9 Å². The van der Waals surface area contributed by atoms with Gasteiger partial charge in [0, 0.05) is 11.8 Å². The van der Waals surface area contributed by atoms with Gasteiger partial charge in [0.05, 0.1) is 18.4 Å². The van der Waals surface area contributed by atoms with Gasteiger partial charge in [-0.25, -0.2) is 24.1 Å². The molecule has 5 aromatic rings. The van der Waals surface area contributed by atoms with E-state index >= 15 is 0 Å². The molecule has 138 valence electrons. The van der Waals surface area contributed by atoms with Gasteiger partial charge in [-0.15, -0.1) is 0 Å². The number of nitrogens with zero attached hydrogens (tertiary/aromatic N) is 5. The average Bonchev–Trinajstić information content (AvgIpc) is 3.27. The summed E-state index contributed by atoms with van der Waals surface area (Å²) in [6, 6.07) is 11.5. The number of nitrogens with one attached hydrogen (secondary N) is 1. The first-order chi connectivity index (χ1) is 13.6. The molecule has 0 fully saturated rings. The average molecular weight is 374 g/mol. The number of fused-ring (bicyclic) bond motifs is 2. The first-order valence-corrected chi connectivity index (χ1v) is 8.77. The lowest BCUT2D eigenvalue weighted by Crippen LogP contribution is -2.22. The van der Waals surface area contributed by atoms with Crippen molar-refractivity contribution >= 4 is 16.8 Å². The molecule has 0 aliphatic rings. The van der Waals surface area contributed by atoms with E-state index in [9.17, 15) is 9.18 Å². The highest BCUT2D eigenvalue weighted by molar-refractivity contribution is 5.73. The van der Waals surface area contributed by atoms with Crippen LogP contribution in [0.1, 0.15) is 18.5 Å². The summed E-state index contributed by atoms with van der Waals surface area (Å²) in [5.41, 5.74) is 2.43. The van der Waals surface area contributed by atoms with Gasteiger partial charge in [0.1, 0.15) is 22.7 Å². The highest BCUT2D eigenvalue weighted by Crippen LogP contribution is 2.24. The second-order valence-corrected chi connectivity index (χ2v) is 6.50. The van der Waals surface area contributed by atoms with E-state index < -0.39 is 6.04 Å². The van der Waals surface area contributed by atoms with Crippen LogP contribution in [-0.4, -0.2) is 28.9 Å². The van der Waals surface area contributed by atoms with E-state index in [0.717, 1.165) is 5.65 Å². The molecular formula is C20H15FN6O. The van der Waals surface area contributed by atoms with Gasteiger partial charge >= 0.3 is 5.69 Å². The van der Waals surface area contributed by atoms with Crippen molar-refractivity contribution < 1.29 is 4.39 Å². The normalized spacial score (nSPS) is 12.6. The number of imidazole rings is 2. The van der Waals surface area contributed by atoms with E-state index in [1.165, 1.54) is 10.6 Å². The molecule has 28 heavy (non-hydrogen) atoms. The Kier molecular flexibility index (Phi) is 3.58. The summed E-state index contributed by atoms with van der Waals surface area (Å²) in [6.45, 7) is 1.77. The van der Waals surface area contributed by atoms with Crippen LogP contribution in [0, 0.1) is 5.82 Å². The largest absolute Gasteiger partial charge is 0.328 e. The summed E-state index contributed by atoms with van der Waals surface area (Å²) in [5.74, 6) is 0.0620. The molecule has 1 atom stereocenters. The molecule has 4 aromatic heterocycles. The lowest BCUT2D eigenvalue weighted by atomic mass is 10.1. The molecule has 0 saturated carbocycles. The van der Waals surface area contributed by atoms with Gasteiger partial charge in [0.25, 0.3) is 0 Å². The second kappa shape index (κ2) is 6.12. The predicted molar refractivity (Wildman–Crippen MR) is 103 cm³/mol. The minimum atomic E-state index is -0.535. The van der Waals surface area contributed by atoms with Crippen molar-refractivity contribution in [3.05, 3.63) is 82.9 Å². The number of hydrogen-bond donors (Lipinski definition) is 1. The minimum Gasteiger partial charge on any atom is -0.303 e. The van der Waals surface area contributed by atoms with Crippen LogP contribution in [0.4, 0.5) is 4.39 Å². The van der Waals surface area contributed by atoms with Crippen LogP contribution >= 0.6 is 0 Å². The molecule has 0 radical (unpaired) electrons. The summed E-state index contributed by atoms with van der Waals surface area (Å²) < 4.78 is 17.6. The van der Waals surface area contributed by atoms with Gasteiger partial charge in [-0.1, -0.05) is 24.3 Å².